The molecular formula is C26H29N3O3. The summed E-state index contributed by atoms with van der Waals surface area (Å²) in [5, 5.41) is 14.8. The molecule has 0 aliphatic heterocycles. The first-order valence-corrected chi connectivity index (χ1v) is 10.7. The number of fused-ring (bicyclic) bond motifs is 1. The molecule has 4 aromatic rings. The van der Waals surface area contributed by atoms with Crippen LogP contribution in [0.4, 0.5) is 0 Å². The summed E-state index contributed by atoms with van der Waals surface area (Å²) in [6.45, 7) is 2.23. The van der Waals surface area contributed by atoms with E-state index < -0.39 is 5.09 Å². The van der Waals surface area contributed by atoms with E-state index in [0.717, 1.165) is 24.0 Å². The third-order valence-electron chi connectivity index (χ3n) is 5.52. The van der Waals surface area contributed by atoms with Crippen molar-refractivity contribution in [3.8, 4) is 11.1 Å². The zero-order valence-corrected chi connectivity index (χ0v) is 18.6. The van der Waals surface area contributed by atoms with Crippen LogP contribution in [0.2, 0.25) is 0 Å². The minimum Gasteiger partial charge on any atom is -0.356 e. The lowest BCUT2D eigenvalue weighted by Gasteiger charge is -2.30. The molecule has 2 aromatic carbocycles. The van der Waals surface area contributed by atoms with Crippen molar-refractivity contribution >= 4 is 5.52 Å². The molecule has 166 valence electrons. The highest BCUT2D eigenvalue weighted by molar-refractivity contribution is 5.76. The van der Waals surface area contributed by atoms with E-state index in [9.17, 15) is 0 Å². The lowest BCUT2D eigenvalue weighted by Crippen LogP contribution is -2.39. The number of hydrogen-bond acceptors (Lipinski definition) is 3. The van der Waals surface area contributed by atoms with Crippen molar-refractivity contribution in [1.29, 1.82) is 0 Å². The van der Waals surface area contributed by atoms with Gasteiger partial charge in [-0.15, -0.1) is 0 Å². The van der Waals surface area contributed by atoms with Crippen LogP contribution in [0.25, 0.3) is 16.6 Å². The summed E-state index contributed by atoms with van der Waals surface area (Å²) in [6, 6.07) is 28.1. The number of aryl methyl sites for hydroxylation is 1. The summed E-state index contributed by atoms with van der Waals surface area (Å²) >= 11 is 0. The maximum absolute atomic E-state index is 8.25. The maximum atomic E-state index is 8.25. The Kier molecular flexibility index (Phi) is 7.63. The van der Waals surface area contributed by atoms with Gasteiger partial charge in [-0.05, 0) is 29.7 Å². The Bertz CT molecular complexity index is 1130. The van der Waals surface area contributed by atoms with Crippen molar-refractivity contribution in [2.24, 2.45) is 0 Å². The molecule has 6 heteroatoms. The Hall–Kier alpha value is -3.64. The van der Waals surface area contributed by atoms with Crippen LogP contribution in [-0.2, 0) is 13.0 Å². The predicted octanol–water partition coefficient (Wildman–Crippen LogP) is 5.58. The summed E-state index contributed by atoms with van der Waals surface area (Å²) < 4.78 is 3.28. The van der Waals surface area contributed by atoms with E-state index in [4.69, 9.17) is 15.3 Å². The second kappa shape index (κ2) is 10.6. The molecule has 0 aliphatic carbocycles. The second-order valence-corrected chi connectivity index (χ2v) is 8.51. The molecule has 0 N–H and O–H groups in total. The fourth-order valence-electron chi connectivity index (χ4n) is 4.15. The molecule has 0 saturated carbocycles. The van der Waals surface area contributed by atoms with Crippen molar-refractivity contribution in [2.45, 2.75) is 19.4 Å². The van der Waals surface area contributed by atoms with Gasteiger partial charge in [-0.25, -0.2) is 0 Å². The first-order valence-electron chi connectivity index (χ1n) is 10.7. The average Bonchev–Trinajstić information content (AvgIpc) is 3.13. The first-order chi connectivity index (χ1) is 15.4. The zero-order chi connectivity index (χ0) is 23.0. The number of nitrogens with zero attached hydrogens (tertiary/aromatic N) is 3. The molecule has 6 nitrogen and oxygen atoms in total. The summed E-state index contributed by atoms with van der Waals surface area (Å²) in [5.74, 6) is 0. The second-order valence-electron chi connectivity index (χ2n) is 8.51. The van der Waals surface area contributed by atoms with E-state index in [0.29, 0.717) is 0 Å². The molecule has 0 unspecified atom stereocenters. The standard InChI is InChI=1S/C26H29N2.NO3/c1-28(2,21-22-12-5-3-6-13-22)19-11-16-24-25(23-14-7-4-8-15-23)20-27-18-10-9-17-26(24)27;2-1(3)4/h3-10,12-15,17-18,20H,11,16,19,21H2,1-2H3;/q+1;-1. The Labute approximate surface area is 188 Å². The molecule has 0 fully saturated rings. The van der Waals surface area contributed by atoms with Gasteiger partial charge in [0.05, 0.1) is 25.7 Å². The molecule has 0 bridgehead atoms. The Morgan fingerprint density at radius 1 is 0.875 bits per heavy atom. The molecule has 4 rings (SSSR count). The Morgan fingerprint density at radius 2 is 1.47 bits per heavy atom. The van der Waals surface area contributed by atoms with Gasteiger partial charge in [0.25, 0.3) is 0 Å². The lowest BCUT2D eigenvalue weighted by molar-refractivity contribution is -0.903. The van der Waals surface area contributed by atoms with E-state index >= 15 is 0 Å². The molecule has 0 aliphatic rings. The van der Waals surface area contributed by atoms with Crippen molar-refractivity contribution in [1.82, 2.24) is 4.40 Å². The van der Waals surface area contributed by atoms with Crippen LogP contribution in [0, 0.1) is 15.3 Å². The maximum Gasteiger partial charge on any atom is 0.104 e. The first kappa shape index (κ1) is 23.0. The van der Waals surface area contributed by atoms with Crippen LogP contribution >= 0.6 is 0 Å². The van der Waals surface area contributed by atoms with Crippen LogP contribution in [0.1, 0.15) is 17.5 Å². The van der Waals surface area contributed by atoms with E-state index in [1.54, 1.807) is 0 Å². The highest BCUT2D eigenvalue weighted by Crippen LogP contribution is 2.30. The molecule has 0 atom stereocenters. The molecule has 0 radical (unpaired) electrons. The van der Waals surface area contributed by atoms with Gasteiger partial charge in [-0.2, -0.15) is 0 Å². The van der Waals surface area contributed by atoms with Crippen LogP contribution < -0.4 is 0 Å². The molecule has 0 saturated heterocycles. The monoisotopic (exact) mass is 431 g/mol. The minimum absolute atomic E-state index is 1.01. The van der Waals surface area contributed by atoms with Gasteiger partial charge in [0.2, 0.25) is 0 Å². The highest BCUT2D eigenvalue weighted by atomic mass is 16.9. The van der Waals surface area contributed by atoms with Crippen LogP contribution in [0.15, 0.2) is 91.3 Å². The van der Waals surface area contributed by atoms with Crippen molar-refractivity contribution in [3.05, 3.63) is 118 Å². The zero-order valence-electron chi connectivity index (χ0n) is 18.6. The summed E-state index contributed by atoms with van der Waals surface area (Å²) in [7, 11) is 4.67. The molecular weight excluding hydrogens is 402 g/mol. The predicted molar refractivity (Wildman–Crippen MR) is 129 cm³/mol. The third-order valence-corrected chi connectivity index (χ3v) is 5.52. The van der Waals surface area contributed by atoms with Crippen molar-refractivity contribution in [3.63, 3.8) is 0 Å². The van der Waals surface area contributed by atoms with Gasteiger partial charge < -0.3 is 24.2 Å². The smallest absolute Gasteiger partial charge is 0.104 e. The lowest BCUT2D eigenvalue weighted by atomic mass is 10.00. The molecule has 32 heavy (non-hydrogen) atoms. The highest BCUT2D eigenvalue weighted by Gasteiger charge is 2.17. The molecule has 2 heterocycles. The van der Waals surface area contributed by atoms with E-state index in [1.807, 2.05) is 0 Å². The largest absolute Gasteiger partial charge is 0.356 e. The number of pyridine rings is 1. The van der Waals surface area contributed by atoms with E-state index in [1.165, 1.54) is 34.2 Å². The number of quaternary nitrogens is 1. The fourth-order valence-corrected chi connectivity index (χ4v) is 4.15. The quantitative estimate of drug-likeness (QED) is 0.218. The average molecular weight is 432 g/mol. The van der Waals surface area contributed by atoms with Gasteiger partial charge in [-0.1, -0.05) is 66.7 Å². The van der Waals surface area contributed by atoms with Crippen LogP contribution in [0.5, 0.6) is 0 Å². The molecule has 0 spiro atoms. The number of benzene rings is 2. The van der Waals surface area contributed by atoms with Gasteiger partial charge >= 0.3 is 0 Å². The Balaban J connectivity index is 0.000000668. The van der Waals surface area contributed by atoms with E-state index in [2.05, 4.69) is 110 Å². The molecule has 0 amide bonds. The normalized spacial score (nSPS) is 11.1. The van der Waals surface area contributed by atoms with Gasteiger partial charge in [-0.3, -0.25) is 0 Å². The van der Waals surface area contributed by atoms with E-state index in [-0.39, 0.29) is 0 Å². The van der Waals surface area contributed by atoms with Crippen LogP contribution in [0.3, 0.4) is 0 Å². The van der Waals surface area contributed by atoms with Gasteiger partial charge in [0.1, 0.15) is 6.54 Å². The van der Waals surface area contributed by atoms with Gasteiger partial charge in [0.15, 0.2) is 0 Å². The molecule has 2 aromatic heterocycles. The number of aromatic nitrogens is 1. The number of hydrogen-bond donors (Lipinski definition) is 0. The number of rotatable bonds is 7. The topological polar surface area (TPSA) is 70.6 Å². The fraction of sp³-hybridized carbons (Fsp3) is 0.231. The Morgan fingerprint density at radius 3 is 2.12 bits per heavy atom. The summed E-state index contributed by atoms with van der Waals surface area (Å²) in [4.78, 5) is 8.25. The summed E-state index contributed by atoms with van der Waals surface area (Å²) in [6.07, 6.45) is 6.71. The summed E-state index contributed by atoms with van der Waals surface area (Å²) in [5.41, 5.74) is 6.87. The van der Waals surface area contributed by atoms with Crippen molar-refractivity contribution in [2.75, 3.05) is 20.6 Å². The third kappa shape index (κ3) is 6.43. The van der Waals surface area contributed by atoms with Crippen LogP contribution in [-0.4, -0.2) is 34.6 Å². The van der Waals surface area contributed by atoms with Crippen molar-refractivity contribution < 1.29 is 9.57 Å². The SMILES string of the molecule is C[N+](C)(CCCc1c(-c2ccccc2)cn2ccccc12)Cc1ccccc1.O=[N+]([O-])[O-]. The van der Waals surface area contributed by atoms with Gasteiger partial charge in [0, 0.05) is 35.5 Å². The minimum atomic E-state index is -1.75.